The molecule has 106 valence electrons. The molecule has 0 spiro atoms. The summed E-state index contributed by atoms with van der Waals surface area (Å²) >= 11 is 0. The summed E-state index contributed by atoms with van der Waals surface area (Å²) in [6.45, 7) is 4.39. The van der Waals surface area contributed by atoms with Gasteiger partial charge in [0.15, 0.2) is 0 Å². The molecular formula is C12H25B7O2. The highest BCUT2D eigenvalue weighted by atomic mass is 16.6. The first-order valence-electron chi connectivity index (χ1n) is 7.83. The molecule has 0 saturated carbocycles. The van der Waals surface area contributed by atoms with Crippen molar-refractivity contribution in [3.05, 3.63) is 29.8 Å². The first kappa shape index (κ1) is 18.5. The molecular weight excluding hydrogens is 252 g/mol. The molecule has 0 amide bonds. The average Bonchev–Trinajstić information content (AvgIpc) is 2.25. The molecule has 0 aromatic heterocycles. The standard InChI is InChI=1S/C12H25B7O2/c1-7(2)8-3-5-9(6-4-8)20-10(13,14)11(15,16)21-12(17,18)19/h3-7H,13-19H2,1-2H3. The number of hydrogen-bond acceptors (Lipinski definition) is 2. The van der Waals surface area contributed by atoms with Crippen LogP contribution in [-0.4, -0.2) is 71.0 Å². The van der Waals surface area contributed by atoms with Crippen LogP contribution < -0.4 is 4.74 Å². The fraction of sp³-hybridized carbons (Fsp3) is 0.500. The predicted octanol–water partition coefficient (Wildman–Crippen LogP) is -4.44. The molecule has 0 fully saturated rings. The highest BCUT2D eigenvalue weighted by Crippen LogP contribution is 2.26. The van der Waals surface area contributed by atoms with Gasteiger partial charge in [0.25, 0.3) is 0 Å². The monoisotopic (exact) mass is 278 g/mol. The van der Waals surface area contributed by atoms with Crippen LogP contribution in [0.3, 0.4) is 0 Å². The molecule has 0 atom stereocenters. The Bertz CT molecular complexity index is 465. The lowest BCUT2D eigenvalue weighted by Gasteiger charge is -2.47. The van der Waals surface area contributed by atoms with Gasteiger partial charge in [0.05, 0.1) is 5.40 Å². The van der Waals surface area contributed by atoms with Crippen molar-refractivity contribution in [1.82, 2.24) is 0 Å². The average molecular weight is 277 g/mol. The van der Waals surface area contributed by atoms with E-state index in [9.17, 15) is 0 Å². The van der Waals surface area contributed by atoms with Crippen molar-refractivity contribution >= 4 is 54.9 Å². The quantitative estimate of drug-likeness (QED) is 0.489. The van der Waals surface area contributed by atoms with Crippen LogP contribution in [0.25, 0.3) is 0 Å². The van der Waals surface area contributed by atoms with Crippen molar-refractivity contribution in [1.29, 1.82) is 0 Å². The van der Waals surface area contributed by atoms with Crippen LogP contribution in [0, 0.1) is 0 Å². The van der Waals surface area contributed by atoms with E-state index >= 15 is 0 Å². The Labute approximate surface area is 136 Å². The second kappa shape index (κ2) is 6.28. The van der Waals surface area contributed by atoms with Gasteiger partial charge in [0.2, 0.25) is 0 Å². The summed E-state index contributed by atoms with van der Waals surface area (Å²) in [6, 6.07) is 8.36. The van der Waals surface area contributed by atoms with Crippen LogP contribution in [0.4, 0.5) is 0 Å². The minimum absolute atomic E-state index is 0.203. The van der Waals surface area contributed by atoms with Crippen molar-refractivity contribution in [3.8, 4) is 5.75 Å². The van der Waals surface area contributed by atoms with E-state index in [0.29, 0.717) is 5.92 Å². The number of ether oxygens (including phenoxy) is 2. The number of hydrogen-bond donors (Lipinski definition) is 0. The number of rotatable bonds is 6. The van der Waals surface area contributed by atoms with Crippen molar-refractivity contribution < 1.29 is 9.47 Å². The number of benzene rings is 1. The molecule has 2 nitrogen and oxygen atoms in total. The predicted molar refractivity (Wildman–Crippen MR) is 110 cm³/mol. The third kappa shape index (κ3) is 5.28. The molecule has 0 unspecified atom stereocenters. The molecule has 0 aliphatic heterocycles. The van der Waals surface area contributed by atoms with Gasteiger partial charge >= 0.3 is 0 Å². The SMILES string of the molecule is BC(B)(B)OC(B)(B)C(B)(B)Oc1ccc(C(C)C)cc1. The first-order valence-corrected chi connectivity index (χ1v) is 7.83. The lowest BCUT2D eigenvalue weighted by molar-refractivity contribution is 0.00240. The van der Waals surface area contributed by atoms with E-state index in [-0.39, 0.29) is 5.30 Å². The summed E-state index contributed by atoms with van der Waals surface area (Å²) in [4.78, 5) is 0. The summed E-state index contributed by atoms with van der Waals surface area (Å²) < 4.78 is 12.4. The molecule has 0 aliphatic rings. The van der Waals surface area contributed by atoms with E-state index in [4.69, 9.17) is 9.47 Å². The van der Waals surface area contributed by atoms with Crippen LogP contribution in [-0.2, 0) is 4.74 Å². The van der Waals surface area contributed by atoms with Crippen LogP contribution >= 0.6 is 0 Å². The van der Waals surface area contributed by atoms with Gasteiger partial charge in [-0.25, -0.2) is 0 Å². The molecule has 21 heavy (non-hydrogen) atoms. The van der Waals surface area contributed by atoms with Gasteiger partial charge < -0.3 is 9.47 Å². The Hall–Kier alpha value is -0.565. The lowest BCUT2D eigenvalue weighted by atomic mass is 9.40. The van der Waals surface area contributed by atoms with Gasteiger partial charge in [0, 0.05) is 5.40 Å². The van der Waals surface area contributed by atoms with E-state index in [2.05, 4.69) is 80.9 Å². The zero-order valence-electron chi connectivity index (χ0n) is 15.2. The lowest BCUT2D eigenvalue weighted by Crippen LogP contribution is -2.65. The maximum Gasteiger partial charge on any atom is 0.148 e. The van der Waals surface area contributed by atoms with Crippen LogP contribution in [0.1, 0.15) is 25.3 Å². The molecule has 9 heteroatoms. The van der Waals surface area contributed by atoms with Crippen molar-refractivity contribution in [2.24, 2.45) is 0 Å². The largest absolute Gasteiger partial charge is 0.504 e. The molecule has 0 bridgehead atoms. The Morgan fingerprint density at radius 2 is 1.29 bits per heavy atom. The molecule has 0 radical (unpaired) electrons. The fourth-order valence-corrected chi connectivity index (χ4v) is 2.23. The van der Waals surface area contributed by atoms with Crippen molar-refractivity contribution in [2.45, 2.75) is 35.9 Å². The van der Waals surface area contributed by atoms with Gasteiger partial charge in [-0.1, -0.05) is 26.0 Å². The van der Waals surface area contributed by atoms with E-state index < -0.39 is 10.8 Å². The molecule has 1 aromatic carbocycles. The van der Waals surface area contributed by atoms with E-state index in [1.165, 1.54) is 5.56 Å². The maximum absolute atomic E-state index is 6.22. The molecule has 0 heterocycles. The summed E-state index contributed by atoms with van der Waals surface area (Å²) in [5.41, 5.74) is 1.32. The zero-order chi connectivity index (χ0) is 16.5. The molecule has 0 N–H and O–H groups in total. The summed E-state index contributed by atoms with van der Waals surface area (Å²) in [5.74, 6) is 1.42. The zero-order valence-corrected chi connectivity index (χ0v) is 15.2. The third-order valence-corrected chi connectivity index (χ3v) is 3.93. The Kier molecular flexibility index (Phi) is 5.53. The van der Waals surface area contributed by atoms with Gasteiger partial charge in [-0.2, -0.15) is 0 Å². The fourth-order valence-electron chi connectivity index (χ4n) is 2.23. The normalized spacial score (nSPS) is 13.3. The van der Waals surface area contributed by atoms with Gasteiger partial charge in [-0.15, -0.1) is 0 Å². The highest BCUT2D eigenvalue weighted by molar-refractivity contribution is 6.59. The molecule has 1 aromatic rings. The molecule has 1 rings (SSSR count). The van der Waals surface area contributed by atoms with E-state index in [1.54, 1.807) is 0 Å². The first-order chi connectivity index (χ1) is 9.34. The van der Waals surface area contributed by atoms with Gasteiger partial charge in [0.1, 0.15) is 60.7 Å². The third-order valence-electron chi connectivity index (χ3n) is 3.93. The molecule has 0 aliphatic carbocycles. The minimum atomic E-state index is -0.431. The summed E-state index contributed by atoms with van der Waals surface area (Å²) in [7, 11) is 14.5. The highest BCUT2D eigenvalue weighted by Gasteiger charge is 2.41. The van der Waals surface area contributed by atoms with Crippen LogP contribution in [0.2, 0.25) is 0 Å². The van der Waals surface area contributed by atoms with Gasteiger partial charge in [-0.05, 0) is 28.9 Å². The van der Waals surface area contributed by atoms with Crippen LogP contribution in [0.15, 0.2) is 24.3 Å². The van der Waals surface area contributed by atoms with E-state index in [1.807, 2.05) is 12.1 Å². The van der Waals surface area contributed by atoms with E-state index in [0.717, 1.165) is 5.75 Å². The second-order valence-corrected chi connectivity index (χ2v) is 8.06. The van der Waals surface area contributed by atoms with Crippen molar-refractivity contribution in [2.75, 3.05) is 0 Å². The Morgan fingerprint density at radius 3 is 1.67 bits per heavy atom. The Balaban J connectivity index is 2.88. The second-order valence-electron chi connectivity index (χ2n) is 8.06. The van der Waals surface area contributed by atoms with Crippen LogP contribution in [0.5, 0.6) is 5.75 Å². The summed E-state index contributed by atoms with van der Waals surface area (Å²) in [6.07, 6.45) is 0. The molecule has 0 saturated heterocycles. The van der Waals surface area contributed by atoms with Crippen molar-refractivity contribution in [3.63, 3.8) is 0 Å². The topological polar surface area (TPSA) is 18.5 Å². The smallest absolute Gasteiger partial charge is 0.148 e. The van der Waals surface area contributed by atoms with Gasteiger partial charge in [-0.3, -0.25) is 0 Å². The Morgan fingerprint density at radius 1 is 0.810 bits per heavy atom. The minimum Gasteiger partial charge on any atom is -0.504 e. The summed E-state index contributed by atoms with van der Waals surface area (Å²) in [5, 5.41) is -1.03. The maximum atomic E-state index is 6.22.